The van der Waals surface area contributed by atoms with Gasteiger partial charge in [0.25, 0.3) is 5.91 Å². The summed E-state index contributed by atoms with van der Waals surface area (Å²) in [5.74, 6) is -1.92. The van der Waals surface area contributed by atoms with Gasteiger partial charge in [-0.2, -0.15) is 0 Å². The molecular formula is C23H24N4O5. The van der Waals surface area contributed by atoms with Crippen molar-refractivity contribution in [2.45, 2.75) is 31.8 Å². The van der Waals surface area contributed by atoms with E-state index in [4.69, 9.17) is 20.7 Å². The molecule has 1 heterocycles. The second kappa shape index (κ2) is 9.78. The van der Waals surface area contributed by atoms with E-state index in [1.165, 1.54) is 0 Å². The number of nitrogens with one attached hydrogen (secondary N) is 3. The van der Waals surface area contributed by atoms with Gasteiger partial charge in [0, 0.05) is 23.4 Å². The predicted molar refractivity (Wildman–Crippen MR) is 118 cm³/mol. The predicted octanol–water partition coefficient (Wildman–Crippen LogP) is 2.56. The van der Waals surface area contributed by atoms with E-state index >= 15 is 0 Å². The van der Waals surface area contributed by atoms with Crippen LogP contribution in [0.2, 0.25) is 0 Å². The quantitative estimate of drug-likeness (QED) is 0.256. The lowest BCUT2D eigenvalue weighted by Gasteiger charge is -2.19. The molecule has 0 aliphatic carbocycles. The highest BCUT2D eigenvalue weighted by molar-refractivity contribution is 6.01. The van der Waals surface area contributed by atoms with Gasteiger partial charge >= 0.3 is 5.97 Å². The summed E-state index contributed by atoms with van der Waals surface area (Å²) < 4.78 is 5.55. The maximum Gasteiger partial charge on any atom is 0.305 e. The van der Waals surface area contributed by atoms with Gasteiger partial charge in [-0.1, -0.05) is 30.3 Å². The van der Waals surface area contributed by atoms with Gasteiger partial charge in [0.15, 0.2) is 5.76 Å². The van der Waals surface area contributed by atoms with Gasteiger partial charge in [-0.05, 0) is 36.8 Å². The Morgan fingerprint density at radius 3 is 2.44 bits per heavy atom. The number of amides is 2. The lowest BCUT2D eigenvalue weighted by atomic mass is 10.0. The first kappa shape index (κ1) is 22.5. The van der Waals surface area contributed by atoms with E-state index in [0.29, 0.717) is 22.1 Å². The van der Waals surface area contributed by atoms with Crippen LogP contribution in [0.25, 0.3) is 11.0 Å². The minimum Gasteiger partial charge on any atom is -0.481 e. The molecule has 9 heteroatoms. The molecule has 3 rings (SSSR count). The van der Waals surface area contributed by atoms with Gasteiger partial charge < -0.3 is 25.9 Å². The maximum atomic E-state index is 12.5. The van der Waals surface area contributed by atoms with Crippen molar-refractivity contribution >= 4 is 34.6 Å². The number of nitrogens with two attached hydrogens (primary N) is 1. The molecule has 0 bridgehead atoms. The lowest BCUT2D eigenvalue weighted by molar-refractivity contribution is -0.137. The van der Waals surface area contributed by atoms with Crippen molar-refractivity contribution in [3.8, 4) is 0 Å². The van der Waals surface area contributed by atoms with Crippen LogP contribution in [0.4, 0.5) is 0 Å². The van der Waals surface area contributed by atoms with Crippen molar-refractivity contribution in [1.29, 1.82) is 5.41 Å². The minimum absolute atomic E-state index is 0.0383. The van der Waals surface area contributed by atoms with E-state index in [-0.39, 0.29) is 30.3 Å². The average molecular weight is 436 g/mol. The summed E-state index contributed by atoms with van der Waals surface area (Å²) >= 11 is 0. The zero-order chi connectivity index (χ0) is 23.3. The third-order valence-electron chi connectivity index (χ3n) is 4.84. The largest absolute Gasteiger partial charge is 0.481 e. The van der Waals surface area contributed by atoms with Crippen molar-refractivity contribution in [3.05, 3.63) is 71.5 Å². The van der Waals surface area contributed by atoms with Crippen LogP contribution >= 0.6 is 0 Å². The van der Waals surface area contributed by atoms with Gasteiger partial charge in [-0.15, -0.1) is 0 Å². The van der Waals surface area contributed by atoms with Gasteiger partial charge in [0.1, 0.15) is 11.4 Å². The summed E-state index contributed by atoms with van der Waals surface area (Å²) in [7, 11) is 0. The van der Waals surface area contributed by atoms with E-state index in [1.54, 1.807) is 61.5 Å². The molecule has 0 radical (unpaired) electrons. The second-order valence-corrected chi connectivity index (χ2v) is 7.48. The Morgan fingerprint density at radius 2 is 1.78 bits per heavy atom. The van der Waals surface area contributed by atoms with Gasteiger partial charge in [-0.25, -0.2) is 0 Å². The van der Waals surface area contributed by atoms with Gasteiger partial charge in [0.2, 0.25) is 5.91 Å². The SMILES string of the molecule is CC(CC(=O)NC(CC(=O)O)c1ccccc1)NC(=O)c1cc2cc(C(=N)N)ccc2o1. The first-order valence-electron chi connectivity index (χ1n) is 9.98. The standard InChI is InChI=1S/C23H24N4O5/c1-13(9-20(28)27-17(12-21(29)30)14-5-3-2-4-6-14)26-23(31)19-11-16-10-15(22(24)25)7-8-18(16)32-19/h2-8,10-11,13,17H,9,12H2,1H3,(H3,24,25)(H,26,31)(H,27,28)(H,29,30). The summed E-state index contributed by atoms with van der Waals surface area (Å²) in [5.41, 5.74) is 7.17. The number of carboxylic acids is 1. The molecule has 32 heavy (non-hydrogen) atoms. The van der Waals surface area contributed by atoms with E-state index < -0.39 is 24.0 Å². The van der Waals surface area contributed by atoms with E-state index in [9.17, 15) is 14.4 Å². The minimum atomic E-state index is -1.03. The van der Waals surface area contributed by atoms with Crippen LogP contribution in [0, 0.1) is 5.41 Å². The van der Waals surface area contributed by atoms with E-state index in [0.717, 1.165) is 0 Å². The number of hydrogen-bond donors (Lipinski definition) is 5. The van der Waals surface area contributed by atoms with E-state index in [2.05, 4.69) is 10.6 Å². The molecule has 6 N–H and O–H groups in total. The molecule has 1 aromatic heterocycles. The Labute approximate surface area is 184 Å². The molecule has 0 fully saturated rings. The Balaban J connectivity index is 1.61. The Kier molecular flexibility index (Phi) is 6.89. The van der Waals surface area contributed by atoms with Crippen LogP contribution in [0.3, 0.4) is 0 Å². The van der Waals surface area contributed by atoms with Crippen molar-refractivity contribution in [2.75, 3.05) is 0 Å². The highest BCUT2D eigenvalue weighted by Crippen LogP contribution is 2.21. The summed E-state index contributed by atoms with van der Waals surface area (Å²) in [5, 5.41) is 22.7. The number of nitrogen functional groups attached to an aromatic ring is 1. The monoisotopic (exact) mass is 436 g/mol. The number of rotatable bonds is 9. The number of benzene rings is 2. The third kappa shape index (κ3) is 5.72. The molecule has 0 aliphatic rings. The van der Waals surface area contributed by atoms with Crippen LogP contribution in [0.5, 0.6) is 0 Å². The molecule has 166 valence electrons. The smallest absolute Gasteiger partial charge is 0.305 e. The molecule has 0 saturated heterocycles. The van der Waals surface area contributed by atoms with Crippen molar-refractivity contribution in [2.24, 2.45) is 5.73 Å². The number of furan rings is 1. The van der Waals surface area contributed by atoms with E-state index in [1.807, 2.05) is 0 Å². The molecule has 2 atom stereocenters. The van der Waals surface area contributed by atoms with Crippen LogP contribution in [0.15, 0.2) is 59.0 Å². The number of carbonyl (C=O) groups excluding carboxylic acids is 2. The molecule has 3 aromatic rings. The van der Waals surface area contributed by atoms with Crippen molar-refractivity contribution in [1.82, 2.24) is 10.6 Å². The molecule has 9 nitrogen and oxygen atoms in total. The Morgan fingerprint density at radius 1 is 1.06 bits per heavy atom. The number of carboxylic acid groups (broad SMARTS) is 1. The third-order valence-corrected chi connectivity index (χ3v) is 4.84. The molecule has 0 spiro atoms. The van der Waals surface area contributed by atoms with Crippen LogP contribution in [-0.2, 0) is 9.59 Å². The zero-order valence-corrected chi connectivity index (χ0v) is 17.4. The summed E-state index contributed by atoms with van der Waals surface area (Å²) in [6.07, 6.45) is -0.291. The normalized spacial score (nSPS) is 12.7. The Bertz CT molecular complexity index is 1160. The summed E-state index contributed by atoms with van der Waals surface area (Å²) in [6.45, 7) is 1.67. The van der Waals surface area contributed by atoms with Crippen LogP contribution in [0.1, 0.15) is 47.5 Å². The summed E-state index contributed by atoms with van der Waals surface area (Å²) in [6, 6.07) is 14.1. The van der Waals surface area contributed by atoms with Crippen molar-refractivity contribution < 1.29 is 23.9 Å². The number of hydrogen-bond acceptors (Lipinski definition) is 5. The fraction of sp³-hybridized carbons (Fsp3) is 0.217. The Hall–Kier alpha value is -4.14. The number of fused-ring (bicyclic) bond motifs is 1. The topological polar surface area (TPSA) is 159 Å². The molecule has 2 aromatic carbocycles. The lowest BCUT2D eigenvalue weighted by Crippen LogP contribution is -2.38. The zero-order valence-electron chi connectivity index (χ0n) is 17.4. The molecule has 0 aliphatic heterocycles. The highest BCUT2D eigenvalue weighted by Gasteiger charge is 2.21. The fourth-order valence-electron chi connectivity index (χ4n) is 3.31. The highest BCUT2D eigenvalue weighted by atomic mass is 16.4. The molecule has 2 unspecified atom stereocenters. The van der Waals surface area contributed by atoms with Crippen LogP contribution < -0.4 is 16.4 Å². The fourth-order valence-corrected chi connectivity index (χ4v) is 3.31. The number of aliphatic carboxylic acids is 1. The second-order valence-electron chi connectivity index (χ2n) is 7.48. The van der Waals surface area contributed by atoms with Crippen LogP contribution in [-0.4, -0.2) is 34.8 Å². The maximum absolute atomic E-state index is 12.5. The number of carbonyl (C=O) groups is 3. The molecular weight excluding hydrogens is 412 g/mol. The van der Waals surface area contributed by atoms with Gasteiger partial charge in [-0.3, -0.25) is 19.8 Å². The van der Waals surface area contributed by atoms with Crippen molar-refractivity contribution in [3.63, 3.8) is 0 Å². The number of amidine groups is 1. The molecule has 0 saturated carbocycles. The average Bonchev–Trinajstić information content (AvgIpc) is 3.17. The van der Waals surface area contributed by atoms with Gasteiger partial charge in [0.05, 0.1) is 12.5 Å². The molecule has 2 amide bonds. The first-order valence-corrected chi connectivity index (χ1v) is 9.98. The summed E-state index contributed by atoms with van der Waals surface area (Å²) in [4.78, 5) is 36.2. The first-order chi connectivity index (χ1) is 15.2.